The summed E-state index contributed by atoms with van der Waals surface area (Å²) in [5, 5.41) is 3.27. The van der Waals surface area contributed by atoms with Gasteiger partial charge in [0.1, 0.15) is 0 Å². The Balaban J connectivity index is 1.95. The van der Waals surface area contributed by atoms with Crippen molar-refractivity contribution in [2.45, 2.75) is 25.6 Å². The van der Waals surface area contributed by atoms with Gasteiger partial charge in [0, 0.05) is 26.8 Å². The predicted molar refractivity (Wildman–Crippen MR) is 54.5 cm³/mol. The van der Waals surface area contributed by atoms with E-state index in [0.29, 0.717) is 6.10 Å². The molecule has 1 rings (SSSR count). The van der Waals surface area contributed by atoms with Gasteiger partial charge in [-0.05, 0) is 13.3 Å². The van der Waals surface area contributed by atoms with E-state index in [1.54, 1.807) is 7.11 Å². The molecule has 2 atom stereocenters. The Bertz CT molecular complexity index is 137. The number of nitrogens with one attached hydrogen (secondary N) is 1. The molecule has 0 bridgehead atoms. The van der Waals surface area contributed by atoms with Crippen molar-refractivity contribution in [2.75, 3.05) is 40.0 Å². The van der Waals surface area contributed by atoms with Crippen LogP contribution in [0.15, 0.2) is 0 Å². The number of methoxy groups -OCH3 is 1. The zero-order chi connectivity index (χ0) is 10.2. The second-order valence-electron chi connectivity index (χ2n) is 3.63. The molecular formula is C10H21NO3. The third-order valence-electron chi connectivity index (χ3n) is 2.23. The van der Waals surface area contributed by atoms with E-state index in [2.05, 4.69) is 12.2 Å². The largest absolute Gasteiger partial charge is 0.383 e. The molecular weight excluding hydrogens is 182 g/mol. The van der Waals surface area contributed by atoms with E-state index in [4.69, 9.17) is 14.2 Å². The lowest BCUT2D eigenvalue weighted by Crippen LogP contribution is -2.32. The highest BCUT2D eigenvalue weighted by atomic mass is 16.5. The molecule has 0 aromatic carbocycles. The number of hydrogen-bond acceptors (Lipinski definition) is 4. The fourth-order valence-corrected chi connectivity index (χ4v) is 1.48. The van der Waals surface area contributed by atoms with Gasteiger partial charge in [-0.25, -0.2) is 0 Å². The Labute approximate surface area is 85.9 Å². The highest BCUT2D eigenvalue weighted by molar-refractivity contribution is 4.66. The van der Waals surface area contributed by atoms with Crippen LogP contribution < -0.4 is 5.32 Å². The third kappa shape index (κ3) is 4.91. The van der Waals surface area contributed by atoms with E-state index in [-0.39, 0.29) is 6.10 Å². The minimum absolute atomic E-state index is 0.249. The van der Waals surface area contributed by atoms with E-state index in [9.17, 15) is 0 Å². The average molecular weight is 203 g/mol. The van der Waals surface area contributed by atoms with Crippen LogP contribution >= 0.6 is 0 Å². The zero-order valence-corrected chi connectivity index (χ0v) is 9.12. The van der Waals surface area contributed by atoms with Crippen LogP contribution in [0.4, 0.5) is 0 Å². The lowest BCUT2D eigenvalue weighted by molar-refractivity contribution is -0.00595. The highest BCUT2D eigenvalue weighted by Crippen LogP contribution is 2.09. The smallest absolute Gasteiger partial charge is 0.0834 e. The second kappa shape index (κ2) is 7.17. The summed E-state index contributed by atoms with van der Waals surface area (Å²) in [5.74, 6) is 0. The van der Waals surface area contributed by atoms with Crippen molar-refractivity contribution in [2.24, 2.45) is 0 Å². The molecule has 0 spiro atoms. The van der Waals surface area contributed by atoms with Crippen LogP contribution in [0, 0.1) is 0 Å². The fraction of sp³-hybridized carbons (Fsp3) is 1.00. The average Bonchev–Trinajstić information content (AvgIpc) is 2.65. The van der Waals surface area contributed by atoms with Crippen LogP contribution in [0.3, 0.4) is 0 Å². The maximum absolute atomic E-state index is 5.76. The molecule has 1 heterocycles. The van der Waals surface area contributed by atoms with Crippen molar-refractivity contribution in [3.8, 4) is 0 Å². The van der Waals surface area contributed by atoms with Gasteiger partial charge in [0.05, 0.1) is 25.4 Å². The van der Waals surface area contributed by atoms with Crippen molar-refractivity contribution in [3.05, 3.63) is 0 Å². The van der Waals surface area contributed by atoms with E-state index in [0.717, 1.165) is 39.3 Å². The van der Waals surface area contributed by atoms with Crippen molar-refractivity contribution in [3.63, 3.8) is 0 Å². The maximum atomic E-state index is 5.76. The Hall–Kier alpha value is -0.160. The molecule has 0 aromatic heterocycles. The first-order valence-corrected chi connectivity index (χ1v) is 5.25. The second-order valence-corrected chi connectivity index (χ2v) is 3.63. The van der Waals surface area contributed by atoms with E-state index < -0.39 is 0 Å². The van der Waals surface area contributed by atoms with E-state index in [1.807, 2.05) is 0 Å². The molecule has 0 amide bonds. The molecule has 0 aromatic rings. The summed E-state index contributed by atoms with van der Waals surface area (Å²) in [4.78, 5) is 0. The summed E-state index contributed by atoms with van der Waals surface area (Å²) in [6, 6.07) is 0. The lowest BCUT2D eigenvalue weighted by atomic mass is 10.3. The molecule has 14 heavy (non-hydrogen) atoms. The number of ether oxygens (including phenoxy) is 3. The third-order valence-corrected chi connectivity index (χ3v) is 2.23. The molecule has 84 valence electrons. The van der Waals surface area contributed by atoms with Gasteiger partial charge in [0.25, 0.3) is 0 Å². The molecule has 1 aliphatic rings. The lowest BCUT2D eigenvalue weighted by Gasteiger charge is -2.17. The molecule has 1 N–H and O–H groups in total. The van der Waals surface area contributed by atoms with Gasteiger partial charge in [-0.3, -0.25) is 0 Å². The molecule has 0 aliphatic carbocycles. The molecule has 4 heteroatoms. The van der Waals surface area contributed by atoms with Crippen LogP contribution in [0.25, 0.3) is 0 Å². The molecule has 1 saturated heterocycles. The van der Waals surface area contributed by atoms with Gasteiger partial charge in [-0.15, -0.1) is 0 Å². The first-order chi connectivity index (χ1) is 6.83. The van der Waals surface area contributed by atoms with Crippen molar-refractivity contribution in [1.29, 1.82) is 0 Å². The predicted octanol–water partition coefficient (Wildman–Crippen LogP) is 0.416. The van der Waals surface area contributed by atoms with Crippen molar-refractivity contribution in [1.82, 2.24) is 5.32 Å². The summed E-state index contributed by atoms with van der Waals surface area (Å²) in [7, 11) is 1.71. The first-order valence-electron chi connectivity index (χ1n) is 5.25. The zero-order valence-electron chi connectivity index (χ0n) is 9.12. The monoisotopic (exact) mass is 203 g/mol. The summed E-state index contributed by atoms with van der Waals surface area (Å²) in [6.07, 6.45) is 1.58. The topological polar surface area (TPSA) is 39.7 Å². The van der Waals surface area contributed by atoms with Crippen LogP contribution in [-0.4, -0.2) is 52.2 Å². The van der Waals surface area contributed by atoms with Crippen molar-refractivity contribution < 1.29 is 14.2 Å². The summed E-state index contributed by atoms with van der Waals surface area (Å²) >= 11 is 0. The molecule has 1 aliphatic heterocycles. The summed E-state index contributed by atoms with van der Waals surface area (Å²) < 4.78 is 15.9. The Kier molecular flexibility index (Phi) is 6.10. The molecule has 2 unspecified atom stereocenters. The quantitative estimate of drug-likeness (QED) is 0.609. The fourth-order valence-electron chi connectivity index (χ4n) is 1.48. The van der Waals surface area contributed by atoms with Crippen LogP contribution in [0.2, 0.25) is 0 Å². The van der Waals surface area contributed by atoms with Crippen molar-refractivity contribution >= 4 is 0 Å². The van der Waals surface area contributed by atoms with Crippen LogP contribution in [0.5, 0.6) is 0 Å². The van der Waals surface area contributed by atoms with Gasteiger partial charge in [-0.1, -0.05) is 0 Å². The number of hydrogen-bond donors (Lipinski definition) is 1. The van der Waals surface area contributed by atoms with Crippen LogP contribution in [0.1, 0.15) is 13.3 Å². The molecule has 1 fully saturated rings. The molecule has 4 nitrogen and oxygen atoms in total. The first kappa shape index (κ1) is 11.9. The van der Waals surface area contributed by atoms with Gasteiger partial charge in [0.2, 0.25) is 0 Å². The van der Waals surface area contributed by atoms with Crippen LogP contribution in [-0.2, 0) is 14.2 Å². The Morgan fingerprint density at radius 3 is 3.07 bits per heavy atom. The molecule has 0 saturated carbocycles. The standard InChI is InChI=1S/C10H21NO3/c1-9(7-11-4-6-12-2)14-10-3-5-13-8-10/h9-11H,3-8H2,1-2H3. The molecule has 0 radical (unpaired) electrons. The summed E-state index contributed by atoms with van der Waals surface area (Å²) in [6.45, 7) is 6.18. The Morgan fingerprint density at radius 2 is 2.43 bits per heavy atom. The summed E-state index contributed by atoms with van der Waals surface area (Å²) in [5.41, 5.74) is 0. The maximum Gasteiger partial charge on any atom is 0.0834 e. The van der Waals surface area contributed by atoms with Gasteiger partial charge < -0.3 is 19.5 Å². The van der Waals surface area contributed by atoms with Gasteiger partial charge in [0.15, 0.2) is 0 Å². The Morgan fingerprint density at radius 1 is 1.57 bits per heavy atom. The van der Waals surface area contributed by atoms with Gasteiger partial charge >= 0.3 is 0 Å². The van der Waals surface area contributed by atoms with Gasteiger partial charge in [-0.2, -0.15) is 0 Å². The minimum atomic E-state index is 0.249. The van der Waals surface area contributed by atoms with E-state index >= 15 is 0 Å². The normalized spacial score (nSPS) is 24.0. The highest BCUT2D eigenvalue weighted by Gasteiger charge is 2.18. The SMILES string of the molecule is COCCNCC(C)OC1CCOC1. The minimum Gasteiger partial charge on any atom is -0.383 e. The number of rotatable bonds is 7. The van der Waals surface area contributed by atoms with E-state index in [1.165, 1.54) is 0 Å².